The highest BCUT2D eigenvalue weighted by Crippen LogP contribution is 2.29. The third-order valence-electron chi connectivity index (χ3n) is 5.57. The van der Waals surface area contributed by atoms with Crippen LogP contribution in [0.1, 0.15) is 83.5 Å². The van der Waals surface area contributed by atoms with Crippen LogP contribution in [0.15, 0.2) is 18.2 Å². The number of alkyl carbamates (subject to hydrolysis) is 1. The zero-order valence-corrected chi connectivity index (χ0v) is 22.0. The highest BCUT2D eigenvalue weighted by atomic mass is 16.6. The van der Waals surface area contributed by atoms with Crippen molar-refractivity contribution in [1.29, 1.82) is 0 Å². The average Bonchev–Trinajstić information content (AvgIpc) is 2.74. The predicted octanol–water partition coefficient (Wildman–Crippen LogP) is 3.77. The number of amides is 3. The Balaban J connectivity index is 3.44. The van der Waals surface area contributed by atoms with Gasteiger partial charge in [0.25, 0.3) is 0 Å². The quantitative estimate of drug-likeness (QED) is 0.421. The molecule has 0 saturated carbocycles. The zero-order valence-electron chi connectivity index (χ0n) is 22.0. The fraction of sp³-hybridized carbons (Fsp3) is 0.654. The third kappa shape index (κ3) is 8.63. The number of hydrogen-bond donors (Lipinski definition) is 3. The summed E-state index contributed by atoms with van der Waals surface area (Å²) in [6.45, 7) is 14.7. The van der Waals surface area contributed by atoms with Crippen molar-refractivity contribution in [1.82, 2.24) is 15.5 Å². The zero-order chi connectivity index (χ0) is 26.1. The summed E-state index contributed by atoms with van der Waals surface area (Å²) in [4.78, 5) is 41.0. The Bertz CT molecular complexity index is 834. The van der Waals surface area contributed by atoms with Gasteiger partial charge in [-0.05, 0) is 65.5 Å². The average molecular weight is 478 g/mol. The summed E-state index contributed by atoms with van der Waals surface area (Å²) in [6, 6.07) is 3.27. The molecule has 0 bridgehead atoms. The van der Waals surface area contributed by atoms with Crippen molar-refractivity contribution in [3.63, 3.8) is 0 Å². The molecule has 0 radical (unpaired) electrons. The minimum absolute atomic E-state index is 0.289. The van der Waals surface area contributed by atoms with Gasteiger partial charge in [0.2, 0.25) is 11.8 Å². The molecule has 1 aromatic rings. The van der Waals surface area contributed by atoms with Crippen molar-refractivity contribution in [3.8, 4) is 0 Å². The normalized spacial score (nSPS) is 14.0. The van der Waals surface area contributed by atoms with E-state index in [1.807, 2.05) is 52.8 Å². The summed E-state index contributed by atoms with van der Waals surface area (Å²) in [5.74, 6) is -0.832. The van der Waals surface area contributed by atoms with E-state index in [1.54, 1.807) is 20.8 Å². The van der Waals surface area contributed by atoms with E-state index in [4.69, 9.17) is 4.74 Å². The molecule has 8 nitrogen and oxygen atoms in total. The van der Waals surface area contributed by atoms with E-state index in [-0.39, 0.29) is 11.9 Å². The largest absolute Gasteiger partial charge is 0.444 e. The molecule has 0 saturated heterocycles. The van der Waals surface area contributed by atoms with Crippen LogP contribution in [0.3, 0.4) is 0 Å². The van der Waals surface area contributed by atoms with Gasteiger partial charge in [-0.1, -0.05) is 44.0 Å². The molecule has 0 aliphatic carbocycles. The van der Waals surface area contributed by atoms with Crippen LogP contribution >= 0.6 is 0 Å². The third-order valence-corrected chi connectivity index (χ3v) is 5.57. The van der Waals surface area contributed by atoms with Gasteiger partial charge in [0.15, 0.2) is 0 Å². The Morgan fingerprint density at radius 2 is 1.79 bits per heavy atom. The van der Waals surface area contributed by atoms with Gasteiger partial charge in [-0.25, -0.2) is 4.79 Å². The van der Waals surface area contributed by atoms with Crippen LogP contribution in [0, 0.1) is 13.8 Å². The second kappa shape index (κ2) is 13.3. The number of nitrogens with zero attached hydrogens (tertiary/aromatic N) is 1. The molecule has 0 spiro atoms. The molecule has 1 aromatic carbocycles. The highest BCUT2D eigenvalue weighted by Gasteiger charge is 2.38. The number of unbranched alkanes of at least 4 members (excludes halogenated alkanes) is 1. The molecule has 3 unspecified atom stereocenters. The van der Waals surface area contributed by atoms with Crippen LogP contribution < -0.4 is 10.6 Å². The number of carbonyl (C=O) groups excluding carboxylic acids is 3. The molecule has 0 fully saturated rings. The smallest absolute Gasteiger partial charge is 0.408 e. The van der Waals surface area contributed by atoms with Crippen molar-refractivity contribution < 1.29 is 24.2 Å². The Kier molecular flexibility index (Phi) is 11.5. The van der Waals surface area contributed by atoms with E-state index in [2.05, 4.69) is 10.6 Å². The van der Waals surface area contributed by atoms with E-state index in [0.29, 0.717) is 18.5 Å². The fourth-order valence-corrected chi connectivity index (χ4v) is 3.65. The lowest BCUT2D eigenvalue weighted by Gasteiger charge is -2.38. The molecule has 0 aliphatic heterocycles. The Labute approximate surface area is 204 Å². The summed E-state index contributed by atoms with van der Waals surface area (Å²) in [5.41, 5.74) is 1.89. The van der Waals surface area contributed by atoms with Crippen molar-refractivity contribution in [2.75, 3.05) is 13.2 Å². The lowest BCUT2D eigenvalue weighted by Crippen LogP contribution is -2.56. The van der Waals surface area contributed by atoms with E-state index >= 15 is 0 Å². The monoisotopic (exact) mass is 477 g/mol. The van der Waals surface area contributed by atoms with E-state index in [1.165, 1.54) is 4.90 Å². The lowest BCUT2D eigenvalue weighted by molar-refractivity contribution is -0.145. The first kappa shape index (κ1) is 29.4. The standard InChI is InChI=1S/C26H43N3O5/c1-9-11-14-27-23(31)22(20-13-12-17(3)15-18(20)4)29(19(5)10-2)24(32)21(16-30)28-25(33)34-26(6,7)8/h12-13,15,19,21-22,30H,9-11,14,16H2,1-8H3,(H,27,31)(H,28,33). The molecule has 0 heterocycles. The molecule has 8 heteroatoms. The minimum Gasteiger partial charge on any atom is -0.444 e. The molecule has 3 atom stereocenters. The molecular formula is C26H43N3O5. The number of aliphatic hydroxyl groups is 1. The fourth-order valence-electron chi connectivity index (χ4n) is 3.65. The Morgan fingerprint density at radius 1 is 1.15 bits per heavy atom. The van der Waals surface area contributed by atoms with Crippen molar-refractivity contribution in [2.45, 2.75) is 98.4 Å². The molecule has 0 aliphatic rings. The molecule has 192 valence electrons. The molecule has 0 aromatic heterocycles. The van der Waals surface area contributed by atoms with E-state index in [0.717, 1.165) is 24.0 Å². The number of hydrogen-bond acceptors (Lipinski definition) is 5. The van der Waals surface area contributed by atoms with Crippen LogP contribution in [0.2, 0.25) is 0 Å². The number of ether oxygens (including phenoxy) is 1. The van der Waals surface area contributed by atoms with Crippen LogP contribution in [0.25, 0.3) is 0 Å². The van der Waals surface area contributed by atoms with Gasteiger partial charge < -0.3 is 25.4 Å². The first-order valence-electron chi connectivity index (χ1n) is 12.1. The topological polar surface area (TPSA) is 108 Å². The first-order chi connectivity index (χ1) is 15.9. The highest BCUT2D eigenvalue weighted by molar-refractivity contribution is 5.92. The first-order valence-corrected chi connectivity index (χ1v) is 12.1. The van der Waals surface area contributed by atoms with Crippen molar-refractivity contribution >= 4 is 17.9 Å². The van der Waals surface area contributed by atoms with Gasteiger partial charge in [-0.3, -0.25) is 9.59 Å². The number of rotatable bonds is 11. The number of nitrogens with one attached hydrogen (secondary N) is 2. The van der Waals surface area contributed by atoms with Gasteiger partial charge in [-0.2, -0.15) is 0 Å². The SMILES string of the molecule is CCCCNC(=O)C(c1ccc(C)cc1C)N(C(=O)C(CO)NC(=O)OC(C)(C)C)C(C)CC. The number of carbonyl (C=O) groups is 3. The van der Waals surface area contributed by atoms with Crippen molar-refractivity contribution in [2.24, 2.45) is 0 Å². The molecule has 1 rings (SSSR count). The number of aryl methyl sites for hydroxylation is 2. The summed E-state index contributed by atoms with van der Waals surface area (Å²) in [6.07, 6.45) is 1.52. The summed E-state index contributed by atoms with van der Waals surface area (Å²) < 4.78 is 5.27. The minimum atomic E-state index is -1.25. The van der Waals surface area contributed by atoms with Crippen LogP contribution in [-0.4, -0.2) is 58.8 Å². The molecule has 34 heavy (non-hydrogen) atoms. The Hall–Kier alpha value is -2.61. The maximum absolute atomic E-state index is 13.7. The summed E-state index contributed by atoms with van der Waals surface area (Å²) >= 11 is 0. The Morgan fingerprint density at radius 3 is 2.29 bits per heavy atom. The van der Waals surface area contributed by atoms with Gasteiger partial charge in [0.1, 0.15) is 17.7 Å². The van der Waals surface area contributed by atoms with Gasteiger partial charge in [0.05, 0.1) is 6.61 Å². The summed E-state index contributed by atoms with van der Waals surface area (Å²) in [7, 11) is 0. The second-order valence-corrected chi connectivity index (χ2v) is 9.79. The second-order valence-electron chi connectivity index (χ2n) is 9.79. The van der Waals surface area contributed by atoms with Crippen molar-refractivity contribution in [3.05, 3.63) is 34.9 Å². The van der Waals surface area contributed by atoms with E-state index < -0.39 is 36.3 Å². The maximum atomic E-state index is 13.7. The number of aliphatic hydroxyl groups excluding tert-OH is 1. The van der Waals surface area contributed by atoms with Crippen LogP contribution in [0.4, 0.5) is 4.79 Å². The molecule has 3 amide bonds. The summed E-state index contributed by atoms with van der Waals surface area (Å²) in [5, 5.41) is 15.4. The lowest BCUT2D eigenvalue weighted by atomic mass is 9.95. The van der Waals surface area contributed by atoms with Gasteiger partial charge in [0, 0.05) is 12.6 Å². The van der Waals surface area contributed by atoms with Crippen LogP contribution in [-0.2, 0) is 14.3 Å². The van der Waals surface area contributed by atoms with Crippen LogP contribution in [0.5, 0.6) is 0 Å². The maximum Gasteiger partial charge on any atom is 0.408 e. The molecule has 3 N–H and O–H groups in total. The van der Waals surface area contributed by atoms with Gasteiger partial charge >= 0.3 is 6.09 Å². The van der Waals surface area contributed by atoms with E-state index in [9.17, 15) is 19.5 Å². The van der Waals surface area contributed by atoms with Gasteiger partial charge in [-0.15, -0.1) is 0 Å². The predicted molar refractivity (Wildman–Crippen MR) is 133 cm³/mol. The molecular weight excluding hydrogens is 434 g/mol. The number of benzene rings is 1.